The third kappa shape index (κ3) is 7.59. The molecule has 2 aromatic heterocycles. The van der Waals surface area contributed by atoms with Crippen molar-refractivity contribution < 1.29 is 28.5 Å². The molecule has 8 nitrogen and oxygen atoms in total. The molecule has 156 valence electrons. The first-order valence-corrected chi connectivity index (χ1v) is 9.20. The van der Waals surface area contributed by atoms with Crippen LogP contribution in [0.1, 0.15) is 47.9 Å². The van der Waals surface area contributed by atoms with Gasteiger partial charge >= 0.3 is 11.9 Å². The molecule has 2 aromatic rings. The predicted molar refractivity (Wildman–Crippen MR) is 105 cm³/mol. The molecule has 0 unspecified atom stereocenters. The molecule has 0 saturated carbocycles. The Morgan fingerprint density at radius 1 is 0.931 bits per heavy atom. The molecule has 8 heteroatoms. The van der Waals surface area contributed by atoms with Gasteiger partial charge in [-0.1, -0.05) is 0 Å². The Hall–Kier alpha value is -2.84. The van der Waals surface area contributed by atoms with Crippen LogP contribution in [0.2, 0.25) is 0 Å². The first-order chi connectivity index (χ1) is 13.8. The van der Waals surface area contributed by atoms with E-state index in [1.165, 1.54) is 19.5 Å². The van der Waals surface area contributed by atoms with Crippen LogP contribution in [-0.4, -0.2) is 54.6 Å². The third-order valence-electron chi connectivity index (χ3n) is 3.68. The molecular formula is C21H26N2O6. The van der Waals surface area contributed by atoms with Crippen LogP contribution >= 0.6 is 0 Å². The lowest BCUT2D eigenvalue weighted by Crippen LogP contribution is -2.21. The maximum absolute atomic E-state index is 12.3. The minimum Gasteiger partial charge on any atom is -0.465 e. The number of aromatic nitrogens is 2. The number of ether oxygens (including phenoxy) is 4. The van der Waals surface area contributed by atoms with Gasteiger partial charge in [-0.2, -0.15) is 0 Å². The van der Waals surface area contributed by atoms with Crippen molar-refractivity contribution in [3.63, 3.8) is 0 Å². The summed E-state index contributed by atoms with van der Waals surface area (Å²) in [6, 6.07) is 6.23. The molecule has 0 aliphatic heterocycles. The number of nitrogens with zero attached hydrogens (tertiary/aromatic N) is 2. The van der Waals surface area contributed by atoms with Crippen molar-refractivity contribution in [3.05, 3.63) is 47.8 Å². The van der Waals surface area contributed by atoms with E-state index in [2.05, 4.69) is 9.97 Å². The Bertz CT molecular complexity index is 832. The molecule has 0 saturated heterocycles. The number of hydrogen-bond donors (Lipinski definition) is 0. The van der Waals surface area contributed by atoms with Gasteiger partial charge in [0.1, 0.15) is 6.79 Å². The summed E-state index contributed by atoms with van der Waals surface area (Å²) in [7, 11) is 1.31. The number of methoxy groups -OCH3 is 1. The van der Waals surface area contributed by atoms with E-state index in [9.17, 15) is 9.59 Å². The van der Waals surface area contributed by atoms with E-state index in [-0.39, 0.29) is 19.0 Å². The largest absolute Gasteiger partial charge is 0.465 e. The molecule has 0 aromatic carbocycles. The van der Waals surface area contributed by atoms with Crippen LogP contribution in [-0.2, 0) is 18.9 Å². The maximum Gasteiger partial charge on any atom is 0.338 e. The number of esters is 2. The van der Waals surface area contributed by atoms with Crippen molar-refractivity contribution in [1.29, 1.82) is 0 Å². The molecule has 0 radical (unpaired) electrons. The van der Waals surface area contributed by atoms with Crippen LogP contribution in [0, 0.1) is 0 Å². The van der Waals surface area contributed by atoms with Crippen LogP contribution in [0.3, 0.4) is 0 Å². The Morgan fingerprint density at radius 3 is 2.07 bits per heavy atom. The smallest absolute Gasteiger partial charge is 0.338 e. The molecule has 0 aliphatic carbocycles. The van der Waals surface area contributed by atoms with E-state index in [0.717, 1.165) is 0 Å². The Labute approximate surface area is 170 Å². The Balaban J connectivity index is 1.87. The number of rotatable bonds is 9. The van der Waals surface area contributed by atoms with Crippen LogP contribution in [0.15, 0.2) is 36.7 Å². The molecule has 0 N–H and O–H groups in total. The van der Waals surface area contributed by atoms with Crippen LogP contribution < -0.4 is 0 Å². The van der Waals surface area contributed by atoms with Crippen molar-refractivity contribution in [2.45, 2.75) is 32.8 Å². The zero-order valence-electron chi connectivity index (χ0n) is 17.1. The molecule has 0 atom stereocenters. The van der Waals surface area contributed by atoms with Gasteiger partial charge in [0, 0.05) is 18.8 Å². The molecule has 0 amide bonds. The Kier molecular flexibility index (Phi) is 8.23. The van der Waals surface area contributed by atoms with Crippen molar-refractivity contribution in [2.24, 2.45) is 0 Å². The molecular weight excluding hydrogens is 376 g/mol. The van der Waals surface area contributed by atoms with E-state index >= 15 is 0 Å². The molecule has 0 fully saturated rings. The van der Waals surface area contributed by atoms with Gasteiger partial charge in [-0.25, -0.2) is 9.59 Å². The predicted octanol–water partition coefficient (Wildman–Crippen LogP) is 3.27. The maximum atomic E-state index is 12.3. The number of pyridine rings is 2. The average molecular weight is 402 g/mol. The number of carbonyl (C=O) groups is 2. The van der Waals surface area contributed by atoms with Gasteiger partial charge < -0.3 is 18.9 Å². The second-order valence-corrected chi connectivity index (χ2v) is 7.12. The second kappa shape index (κ2) is 10.6. The lowest BCUT2D eigenvalue weighted by molar-refractivity contribution is -0.121. The summed E-state index contributed by atoms with van der Waals surface area (Å²) < 4.78 is 20.8. The Morgan fingerprint density at radius 2 is 1.52 bits per heavy atom. The van der Waals surface area contributed by atoms with Gasteiger partial charge in [0.2, 0.25) is 0 Å². The average Bonchev–Trinajstić information content (AvgIpc) is 2.71. The summed E-state index contributed by atoms with van der Waals surface area (Å²) in [5.74, 6) is -0.942. The van der Waals surface area contributed by atoms with Crippen LogP contribution in [0.4, 0.5) is 0 Å². The topological polar surface area (TPSA) is 96.8 Å². The number of carbonyl (C=O) groups excluding carboxylic acids is 2. The summed E-state index contributed by atoms with van der Waals surface area (Å²) in [6.07, 6.45) is 3.53. The molecule has 0 bridgehead atoms. The van der Waals surface area contributed by atoms with Gasteiger partial charge in [0.25, 0.3) is 0 Å². The van der Waals surface area contributed by atoms with E-state index in [4.69, 9.17) is 18.9 Å². The standard InChI is InChI=1S/C21H26N2O6/c1-21(2,3)29-14-27-10-5-11-28-20(25)16-7-9-23-18(13-16)17-12-15(6-8-22-17)19(24)26-4/h6-9,12-13H,5,10-11,14H2,1-4H3. The fourth-order valence-corrected chi connectivity index (χ4v) is 2.20. The lowest BCUT2D eigenvalue weighted by Gasteiger charge is -2.19. The van der Waals surface area contributed by atoms with Crippen molar-refractivity contribution in [2.75, 3.05) is 27.1 Å². The highest BCUT2D eigenvalue weighted by atomic mass is 16.7. The van der Waals surface area contributed by atoms with Gasteiger partial charge in [-0.05, 0) is 45.0 Å². The van der Waals surface area contributed by atoms with E-state index < -0.39 is 11.9 Å². The highest BCUT2D eigenvalue weighted by Crippen LogP contribution is 2.17. The number of hydrogen-bond acceptors (Lipinski definition) is 8. The monoisotopic (exact) mass is 402 g/mol. The molecule has 29 heavy (non-hydrogen) atoms. The molecule has 2 rings (SSSR count). The summed E-state index contributed by atoms with van der Waals surface area (Å²) in [4.78, 5) is 32.3. The van der Waals surface area contributed by atoms with Crippen LogP contribution in [0.25, 0.3) is 11.4 Å². The van der Waals surface area contributed by atoms with Crippen LogP contribution in [0.5, 0.6) is 0 Å². The lowest BCUT2D eigenvalue weighted by atomic mass is 10.1. The second-order valence-electron chi connectivity index (χ2n) is 7.12. The third-order valence-corrected chi connectivity index (χ3v) is 3.68. The summed E-state index contributed by atoms with van der Waals surface area (Å²) in [5.41, 5.74) is 1.35. The SMILES string of the molecule is COC(=O)c1ccnc(-c2cc(C(=O)OCCCOCOC(C)(C)C)ccn2)c1. The fraction of sp³-hybridized carbons (Fsp3) is 0.429. The van der Waals surface area contributed by atoms with E-state index in [1.807, 2.05) is 20.8 Å². The van der Waals surface area contributed by atoms with Crippen molar-refractivity contribution in [1.82, 2.24) is 9.97 Å². The van der Waals surface area contributed by atoms with Crippen molar-refractivity contribution in [3.8, 4) is 11.4 Å². The van der Waals surface area contributed by atoms with Crippen molar-refractivity contribution >= 4 is 11.9 Å². The zero-order valence-corrected chi connectivity index (χ0v) is 17.1. The first-order valence-electron chi connectivity index (χ1n) is 9.20. The summed E-state index contributed by atoms with van der Waals surface area (Å²) in [5, 5.41) is 0. The summed E-state index contributed by atoms with van der Waals surface area (Å²) >= 11 is 0. The summed E-state index contributed by atoms with van der Waals surface area (Å²) in [6.45, 7) is 6.69. The normalized spacial score (nSPS) is 11.2. The van der Waals surface area contributed by atoms with Gasteiger partial charge in [0.15, 0.2) is 0 Å². The highest BCUT2D eigenvalue weighted by molar-refractivity contribution is 5.92. The van der Waals surface area contributed by atoms with Gasteiger partial charge in [-0.3, -0.25) is 9.97 Å². The van der Waals surface area contributed by atoms with Gasteiger partial charge in [0.05, 0.1) is 48.4 Å². The molecule has 2 heterocycles. The van der Waals surface area contributed by atoms with Gasteiger partial charge in [-0.15, -0.1) is 0 Å². The molecule has 0 aliphatic rings. The first kappa shape index (κ1) is 22.4. The van der Waals surface area contributed by atoms with E-state index in [1.54, 1.807) is 24.3 Å². The quantitative estimate of drug-likeness (QED) is 0.358. The molecule has 0 spiro atoms. The minimum atomic E-state index is -0.473. The highest BCUT2D eigenvalue weighted by Gasteiger charge is 2.13. The zero-order chi connectivity index (χ0) is 21.3. The van der Waals surface area contributed by atoms with E-state index in [0.29, 0.717) is 35.5 Å². The fourth-order valence-electron chi connectivity index (χ4n) is 2.20. The minimum absolute atomic E-state index is 0.197.